The van der Waals surface area contributed by atoms with Crippen molar-refractivity contribution in [3.05, 3.63) is 88.6 Å². The predicted molar refractivity (Wildman–Crippen MR) is 118 cm³/mol. The molecule has 0 amide bonds. The predicted octanol–water partition coefficient (Wildman–Crippen LogP) is 5.02. The van der Waals surface area contributed by atoms with Crippen molar-refractivity contribution < 1.29 is 4.42 Å². The summed E-state index contributed by atoms with van der Waals surface area (Å²) in [7, 11) is 0. The lowest BCUT2D eigenvalue weighted by Gasteiger charge is -2.32. The number of nitrogens with zero attached hydrogens (tertiary/aromatic N) is 1. The van der Waals surface area contributed by atoms with Crippen LogP contribution < -0.4 is 10.7 Å². The molecule has 1 saturated heterocycles. The molecule has 29 heavy (non-hydrogen) atoms. The van der Waals surface area contributed by atoms with E-state index in [1.807, 2.05) is 36.4 Å². The normalized spacial score (nSPS) is 15.7. The third-order valence-corrected chi connectivity index (χ3v) is 5.80. The molecule has 1 aliphatic heterocycles. The first-order valence-corrected chi connectivity index (χ1v) is 10.2. The van der Waals surface area contributed by atoms with Crippen molar-refractivity contribution in [2.75, 3.05) is 18.4 Å². The second-order valence-corrected chi connectivity index (χ2v) is 7.82. The maximum atomic E-state index is 12.6. The molecule has 0 aliphatic carbocycles. The average Bonchev–Trinajstić information content (AvgIpc) is 2.76. The molecule has 3 aromatic carbocycles. The Bertz CT molecular complexity index is 1190. The van der Waals surface area contributed by atoms with Crippen LogP contribution in [0, 0.1) is 0 Å². The summed E-state index contributed by atoms with van der Waals surface area (Å²) in [5.41, 5.74) is 2.02. The highest BCUT2D eigenvalue weighted by molar-refractivity contribution is 6.04. The number of hydrogen-bond donors (Lipinski definition) is 1. The van der Waals surface area contributed by atoms with E-state index in [0.29, 0.717) is 22.9 Å². The monoisotopic (exact) mass is 384 g/mol. The van der Waals surface area contributed by atoms with Gasteiger partial charge in [-0.3, -0.25) is 9.69 Å². The second-order valence-electron chi connectivity index (χ2n) is 7.82. The van der Waals surface area contributed by atoms with Crippen molar-refractivity contribution in [1.82, 2.24) is 4.90 Å². The highest BCUT2D eigenvalue weighted by atomic mass is 16.3. The quantitative estimate of drug-likeness (QED) is 0.502. The molecule has 1 fully saturated rings. The smallest absolute Gasteiger partial charge is 0.197 e. The fourth-order valence-corrected chi connectivity index (χ4v) is 4.23. The molecule has 4 aromatic rings. The Morgan fingerprint density at radius 1 is 0.897 bits per heavy atom. The summed E-state index contributed by atoms with van der Waals surface area (Å²) < 4.78 is 6.16. The molecule has 1 aromatic heterocycles. The highest BCUT2D eigenvalue weighted by Crippen LogP contribution is 2.26. The topological polar surface area (TPSA) is 45.5 Å². The Balaban J connectivity index is 1.32. The Morgan fingerprint density at radius 2 is 1.66 bits per heavy atom. The molecule has 0 saturated carbocycles. The van der Waals surface area contributed by atoms with Gasteiger partial charge in [-0.25, -0.2) is 0 Å². The van der Waals surface area contributed by atoms with Crippen LogP contribution >= 0.6 is 0 Å². The maximum absolute atomic E-state index is 12.6. The van der Waals surface area contributed by atoms with Gasteiger partial charge in [0.05, 0.1) is 5.39 Å². The first-order valence-electron chi connectivity index (χ1n) is 10.2. The molecular formula is C25H24N2O2. The molecule has 0 bridgehead atoms. The van der Waals surface area contributed by atoms with Crippen LogP contribution in [0.4, 0.5) is 5.88 Å². The average molecular weight is 384 g/mol. The molecule has 4 heteroatoms. The van der Waals surface area contributed by atoms with Gasteiger partial charge in [0.15, 0.2) is 11.3 Å². The van der Waals surface area contributed by atoms with Gasteiger partial charge < -0.3 is 9.73 Å². The Morgan fingerprint density at radius 3 is 2.48 bits per heavy atom. The minimum atomic E-state index is 0.000941. The number of anilines is 1. The third-order valence-electron chi connectivity index (χ3n) is 5.80. The van der Waals surface area contributed by atoms with Crippen LogP contribution in [0.2, 0.25) is 0 Å². The standard InChI is InChI=1S/C25H24N2O2/c28-23-16-24(29-25-21-9-5-4-8-19(21)10-11-22(23)25)26-20-12-14-27(15-13-20)17-18-6-2-1-3-7-18/h1-11,16,20,26H,12-15,17H2. The van der Waals surface area contributed by atoms with Crippen LogP contribution in [0.3, 0.4) is 0 Å². The molecule has 146 valence electrons. The van der Waals surface area contributed by atoms with Gasteiger partial charge in [0.2, 0.25) is 0 Å². The number of nitrogens with one attached hydrogen (secondary N) is 1. The van der Waals surface area contributed by atoms with E-state index in [2.05, 4.69) is 40.5 Å². The van der Waals surface area contributed by atoms with E-state index in [1.54, 1.807) is 6.07 Å². The van der Waals surface area contributed by atoms with E-state index in [9.17, 15) is 4.79 Å². The van der Waals surface area contributed by atoms with Crippen molar-refractivity contribution in [3.63, 3.8) is 0 Å². The zero-order chi connectivity index (χ0) is 19.6. The molecule has 0 atom stereocenters. The van der Waals surface area contributed by atoms with Crippen LogP contribution in [0.25, 0.3) is 21.7 Å². The number of benzene rings is 3. The molecule has 4 nitrogen and oxygen atoms in total. The van der Waals surface area contributed by atoms with Gasteiger partial charge in [-0.2, -0.15) is 0 Å². The lowest BCUT2D eigenvalue weighted by Crippen LogP contribution is -2.38. The Labute approximate surface area is 169 Å². The SMILES string of the molecule is O=c1cc(NC2CCN(Cc3ccccc3)CC2)oc2c1ccc1ccccc12. The van der Waals surface area contributed by atoms with Crippen LogP contribution in [0.15, 0.2) is 82.0 Å². The zero-order valence-corrected chi connectivity index (χ0v) is 16.3. The van der Waals surface area contributed by atoms with Crippen LogP contribution in [-0.2, 0) is 6.54 Å². The van der Waals surface area contributed by atoms with E-state index in [1.165, 1.54) is 5.56 Å². The summed E-state index contributed by atoms with van der Waals surface area (Å²) in [4.78, 5) is 15.1. The highest BCUT2D eigenvalue weighted by Gasteiger charge is 2.20. The van der Waals surface area contributed by atoms with Crippen LogP contribution in [0.5, 0.6) is 0 Å². The van der Waals surface area contributed by atoms with Gasteiger partial charge in [-0.15, -0.1) is 0 Å². The Hall–Kier alpha value is -3.11. The van der Waals surface area contributed by atoms with Crippen molar-refractivity contribution in [2.45, 2.75) is 25.4 Å². The largest absolute Gasteiger partial charge is 0.440 e. The molecule has 0 unspecified atom stereocenters. The molecule has 0 radical (unpaired) electrons. The van der Waals surface area contributed by atoms with Gasteiger partial charge in [-0.05, 0) is 29.9 Å². The molecule has 0 spiro atoms. The fourth-order valence-electron chi connectivity index (χ4n) is 4.23. The minimum Gasteiger partial charge on any atom is -0.440 e. The van der Waals surface area contributed by atoms with Gasteiger partial charge >= 0.3 is 0 Å². The minimum absolute atomic E-state index is 0.000941. The number of likely N-dealkylation sites (tertiary alicyclic amines) is 1. The van der Waals surface area contributed by atoms with Crippen molar-refractivity contribution >= 4 is 27.6 Å². The van der Waals surface area contributed by atoms with Gasteiger partial charge in [0.25, 0.3) is 0 Å². The molecular weight excluding hydrogens is 360 g/mol. The van der Waals surface area contributed by atoms with Gasteiger partial charge in [-0.1, -0.05) is 60.7 Å². The summed E-state index contributed by atoms with van der Waals surface area (Å²) in [6, 6.07) is 24.4. The number of fused-ring (bicyclic) bond motifs is 3. The zero-order valence-electron chi connectivity index (χ0n) is 16.3. The summed E-state index contributed by atoms with van der Waals surface area (Å²) in [5, 5.41) is 6.15. The number of piperidine rings is 1. The number of rotatable bonds is 4. The van der Waals surface area contributed by atoms with Crippen molar-refractivity contribution in [1.29, 1.82) is 0 Å². The maximum Gasteiger partial charge on any atom is 0.197 e. The lowest BCUT2D eigenvalue weighted by molar-refractivity contribution is 0.210. The van der Waals surface area contributed by atoms with Gasteiger partial charge in [0.1, 0.15) is 5.58 Å². The fraction of sp³-hybridized carbons (Fsp3) is 0.240. The van der Waals surface area contributed by atoms with E-state index in [0.717, 1.165) is 43.2 Å². The summed E-state index contributed by atoms with van der Waals surface area (Å²) in [6.45, 7) is 3.06. The molecule has 2 heterocycles. The van der Waals surface area contributed by atoms with Crippen LogP contribution in [-0.4, -0.2) is 24.0 Å². The molecule has 5 rings (SSSR count). The van der Waals surface area contributed by atoms with E-state index in [-0.39, 0.29) is 5.43 Å². The first kappa shape index (κ1) is 18.0. The van der Waals surface area contributed by atoms with Crippen molar-refractivity contribution in [3.8, 4) is 0 Å². The summed E-state index contributed by atoms with van der Waals surface area (Å²) in [5.74, 6) is 0.570. The van der Waals surface area contributed by atoms with Crippen molar-refractivity contribution in [2.24, 2.45) is 0 Å². The summed E-state index contributed by atoms with van der Waals surface area (Å²) >= 11 is 0. The van der Waals surface area contributed by atoms with E-state index in [4.69, 9.17) is 4.42 Å². The van der Waals surface area contributed by atoms with E-state index >= 15 is 0 Å². The van der Waals surface area contributed by atoms with Crippen LogP contribution in [0.1, 0.15) is 18.4 Å². The van der Waals surface area contributed by atoms with E-state index < -0.39 is 0 Å². The lowest BCUT2D eigenvalue weighted by atomic mass is 10.0. The Kier molecular flexibility index (Phi) is 4.78. The van der Waals surface area contributed by atoms with Gasteiger partial charge in [0, 0.05) is 37.1 Å². The number of hydrogen-bond acceptors (Lipinski definition) is 4. The first-order chi connectivity index (χ1) is 14.3. The second kappa shape index (κ2) is 7.72. The summed E-state index contributed by atoms with van der Waals surface area (Å²) in [6.07, 6.45) is 2.06. The third kappa shape index (κ3) is 3.76. The molecule has 1 aliphatic rings. The molecule has 1 N–H and O–H groups in total.